The van der Waals surface area contributed by atoms with Gasteiger partial charge in [-0.15, -0.1) is 0 Å². The number of Topliss-reactive ketones (excluding diaryl/α,β-unsaturated/α-hetero) is 1. The third kappa shape index (κ3) is 2.76. The van der Waals surface area contributed by atoms with Gasteiger partial charge in [0.25, 0.3) is 0 Å². The van der Waals surface area contributed by atoms with Gasteiger partial charge in [-0.3, -0.25) is 4.79 Å². The Kier molecular flexibility index (Phi) is 4.71. The van der Waals surface area contributed by atoms with E-state index in [-0.39, 0.29) is 5.78 Å². The standard InChI is InChI=1S/C20H28O3Si/c1-13(2)24(14(3)4)12-16-10-19(21)20(18(16)11-23-24)15-6-8-17(22-5)9-7-15/h6-9,13-14,16H,10-12H2,1-5H3. The van der Waals surface area contributed by atoms with Crippen molar-refractivity contribution in [2.45, 2.75) is 51.2 Å². The van der Waals surface area contributed by atoms with Crippen LogP contribution in [0.2, 0.25) is 17.1 Å². The van der Waals surface area contributed by atoms with Crippen LogP contribution in [0.15, 0.2) is 29.8 Å². The summed E-state index contributed by atoms with van der Waals surface area (Å²) in [5.41, 5.74) is 4.30. The summed E-state index contributed by atoms with van der Waals surface area (Å²) in [6.07, 6.45) is 0.661. The first-order valence-corrected chi connectivity index (χ1v) is 11.2. The molecule has 0 amide bonds. The molecule has 1 fully saturated rings. The number of hydrogen-bond acceptors (Lipinski definition) is 3. The van der Waals surface area contributed by atoms with Crippen molar-refractivity contribution in [2.75, 3.05) is 13.7 Å². The molecule has 1 atom stereocenters. The molecule has 0 saturated carbocycles. The molecule has 3 rings (SSSR count). The van der Waals surface area contributed by atoms with Crippen LogP contribution in [0, 0.1) is 5.92 Å². The van der Waals surface area contributed by atoms with E-state index in [1.54, 1.807) is 7.11 Å². The van der Waals surface area contributed by atoms with Crippen LogP contribution in [-0.2, 0) is 9.22 Å². The van der Waals surface area contributed by atoms with Gasteiger partial charge in [0.1, 0.15) is 5.75 Å². The molecule has 3 nitrogen and oxygen atoms in total. The quantitative estimate of drug-likeness (QED) is 0.734. The molecule has 1 aliphatic carbocycles. The van der Waals surface area contributed by atoms with Gasteiger partial charge in [-0.1, -0.05) is 39.8 Å². The van der Waals surface area contributed by atoms with Crippen molar-refractivity contribution in [1.82, 2.24) is 0 Å². The minimum atomic E-state index is -1.80. The fraction of sp³-hybridized carbons (Fsp3) is 0.550. The Hall–Kier alpha value is -1.39. The van der Waals surface area contributed by atoms with E-state index in [9.17, 15) is 4.79 Å². The summed E-state index contributed by atoms with van der Waals surface area (Å²) >= 11 is 0. The van der Waals surface area contributed by atoms with Crippen molar-refractivity contribution in [3.8, 4) is 5.75 Å². The van der Waals surface area contributed by atoms with Crippen molar-refractivity contribution in [2.24, 2.45) is 5.92 Å². The SMILES string of the molecule is COc1ccc(C2=C3CO[Si](C(C)C)(C(C)C)CC3CC2=O)cc1. The average molecular weight is 345 g/mol. The van der Waals surface area contributed by atoms with E-state index < -0.39 is 8.32 Å². The van der Waals surface area contributed by atoms with Gasteiger partial charge in [0.05, 0.1) is 13.7 Å². The summed E-state index contributed by atoms with van der Waals surface area (Å²) in [4.78, 5) is 12.7. The number of ketones is 1. The summed E-state index contributed by atoms with van der Waals surface area (Å²) in [7, 11) is -0.147. The number of fused-ring (bicyclic) bond motifs is 1. The molecule has 1 aliphatic heterocycles. The van der Waals surface area contributed by atoms with Crippen molar-refractivity contribution in [3.05, 3.63) is 35.4 Å². The first-order chi connectivity index (χ1) is 11.4. The van der Waals surface area contributed by atoms with E-state index in [0.29, 0.717) is 30.0 Å². The molecule has 130 valence electrons. The third-order valence-corrected chi connectivity index (χ3v) is 11.6. The van der Waals surface area contributed by atoms with E-state index in [0.717, 1.165) is 22.9 Å². The highest BCUT2D eigenvalue weighted by Crippen LogP contribution is 2.50. The number of carbonyl (C=O) groups is 1. The Morgan fingerprint density at radius 1 is 1.12 bits per heavy atom. The fourth-order valence-electron chi connectivity index (χ4n) is 4.45. The summed E-state index contributed by atoms with van der Waals surface area (Å²) in [5, 5.41) is 0. The number of carbonyl (C=O) groups excluding carboxylic acids is 1. The van der Waals surface area contributed by atoms with Gasteiger partial charge in [-0.25, -0.2) is 0 Å². The zero-order valence-electron chi connectivity index (χ0n) is 15.4. The molecule has 0 bridgehead atoms. The molecule has 0 aromatic heterocycles. The number of rotatable bonds is 4. The molecular formula is C20H28O3Si. The Morgan fingerprint density at radius 3 is 2.29 bits per heavy atom. The van der Waals surface area contributed by atoms with Crippen molar-refractivity contribution in [1.29, 1.82) is 0 Å². The van der Waals surface area contributed by atoms with Crippen LogP contribution in [0.3, 0.4) is 0 Å². The van der Waals surface area contributed by atoms with Crippen LogP contribution in [-0.4, -0.2) is 27.8 Å². The Morgan fingerprint density at radius 2 is 1.75 bits per heavy atom. The van der Waals surface area contributed by atoms with Crippen LogP contribution in [0.1, 0.15) is 39.7 Å². The Balaban J connectivity index is 1.94. The van der Waals surface area contributed by atoms with Crippen molar-refractivity contribution >= 4 is 19.7 Å². The summed E-state index contributed by atoms with van der Waals surface area (Å²) in [6.45, 7) is 9.81. The topological polar surface area (TPSA) is 35.5 Å². The molecule has 1 aromatic carbocycles. The molecule has 1 heterocycles. The highest BCUT2D eigenvalue weighted by Gasteiger charge is 2.50. The van der Waals surface area contributed by atoms with Crippen LogP contribution in [0.4, 0.5) is 0 Å². The number of methoxy groups -OCH3 is 1. The van der Waals surface area contributed by atoms with Crippen LogP contribution in [0.25, 0.3) is 5.57 Å². The van der Waals surface area contributed by atoms with E-state index in [1.807, 2.05) is 24.3 Å². The lowest BCUT2D eigenvalue weighted by Crippen LogP contribution is -2.49. The van der Waals surface area contributed by atoms with Crippen molar-refractivity contribution < 1.29 is 14.0 Å². The fourth-order valence-corrected chi connectivity index (χ4v) is 9.10. The molecule has 0 radical (unpaired) electrons. The normalized spacial score (nSPS) is 23.1. The number of ether oxygens (including phenoxy) is 1. The van der Waals surface area contributed by atoms with Crippen LogP contribution < -0.4 is 4.74 Å². The zero-order valence-corrected chi connectivity index (χ0v) is 16.4. The van der Waals surface area contributed by atoms with E-state index in [2.05, 4.69) is 27.7 Å². The predicted octanol–water partition coefficient (Wildman–Crippen LogP) is 4.83. The number of benzene rings is 1. The van der Waals surface area contributed by atoms with Gasteiger partial charge in [0.15, 0.2) is 14.1 Å². The Bertz CT molecular complexity index is 650. The van der Waals surface area contributed by atoms with Gasteiger partial charge < -0.3 is 9.16 Å². The molecule has 1 aromatic rings. The van der Waals surface area contributed by atoms with E-state index >= 15 is 0 Å². The summed E-state index contributed by atoms with van der Waals surface area (Å²) < 4.78 is 11.8. The Labute approximate surface area is 146 Å². The lowest BCUT2D eigenvalue weighted by atomic mass is 9.99. The maximum atomic E-state index is 12.7. The first kappa shape index (κ1) is 17.4. The van der Waals surface area contributed by atoms with Gasteiger partial charge in [0, 0.05) is 12.0 Å². The molecule has 1 unspecified atom stereocenters. The monoisotopic (exact) mass is 344 g/mol. The molecule has 24 heavy (non-hydrogen) atoms. The first-order valence-electron chi connectivity index (χ1n) is 8.93. The van der Waals surface area contributed by atoms with Crippen LogP contribution in [0.5, 0.6) is 5.75 Å². The minimum absolute atomic E-state index is 0.279. The van der Waals surface area contributed by atoms with Gasteiger partial charge >= 0.3 is 0 Å². The van der Waals surface area contributed by atoms with E-state index in [4.69, 9.17) is 9.16 Å². The predicted molar refractivity (Wildman–Crippen MR) is 99.7 cm³/mol. The highest BCUT2D eigenvalue weighted by molar-refractivity contribution is 6.76. The lowest BCUT2D eigenvalue weighted by molar-refractivity contribution is -0.113. The molecule has 2 aliphatic rings. The third-order valence-electron chi connectivity index (χ3n) is 5.92. The van der Waals surface area contributed by atoms with Crippen molar-refractivity contribution in [3.63, 3.8) is 0 Å². The highest BCUT2D eigenvalue weighted by atomic mass is 28.4. The van der Waals surface area contributed by atoms with Gasteiger partial charge in [0.2, 0.25) is 0 Å². The van der Waals surface area contributed by atoms with E-state index in [1.165, 1.54) is 5.57 Å². The zero-order chi connectivity index (χ0) is 17.5. The molecule has 1 saturated heterocycles. The number of allylic oxidation sites excluding steroid dienone is 1. The number of hydrogen-bond donors (Lipinski definition) is 0. The van der Waals surface area contributed by atoms with Gasteiger partial charge in [-0.05, 0) is 46.3 Å². The van der Waals surface area contributed by atoms with Crippen LogP contribution >= 0.6 is 0 Å². The second-order valence-electron chi connectivity index (χ2n) is 7.71. The van der Waals surface area contributed by atoms with Gasteiger partial charge in [-0.2, -0.15) is 0 Å². The summed E-state index contributed by atoms with van der Waals surface area (Å²) in [6, 6.07) is 8.92. The average Bonchev–Trinajstić information content (AvgIpc) is 2.89. The second kappa shape index (κ2) is 6.49. The summed E-state index contributed by atoms with van der Waals surface area (Å²) in [5.74, 6) is 1.48. The molecular weight excluding hydrogens is 316 g/mol. The maximum Gasteiger partial charge on any atom is 0.198 e. The molecule has 4 heteroatoms. The molecule has 0 spiro atoms. The lowest BCUT2D eigenvalue weighted by Gasteiger charge is -2.44. The largest absolute Gasteiger partial charge is 0.497 e. The smallest absolute Gasteiger partial charge is 0.198 e. The molecule has 0 N–H and O–H groups in total. The second-order valence-corrected chi connectivity index (χ2v) is 12.6. The minimum Gasteiger partial charge on any atom is -0.497 e. The maximum absolute atomic E-state index is 12.7.